The molecule has 0 saturated carbocycles. The highest BCUT2D eigenvalue weighted by atomic mass is 16.1. The van der Waals surface area contributed by atoms with Crippen LogP contribution in [0.1, 0.15) is 34.9 Å². The van der Waals surface area contributed by atoms with Crippen LogP contribution in [0.4, 0.5) is 5.69 Å². The van der Waals surface area contributed by atoms with Crippen LogP contribution in [0.2, 0.25) is 0 Å². The van der Waals surface area contributed by atoms with E-state index in [4.69, 9.17) is 4.98 Å². The molecule has 1 unspecified atom stereocenters. The van der Waals surface area contributed by atoms with Gasteiger partial charge < -0.3 is 14.1 Å². The van der Waals surface area contributed by atoms with E-state index < -0.39 is 0 Å². The number of carbonyl (C=O) groups is 1. The van der Waals surface area contributed by atoms with Crippen LogP contribution >= 0.6 is 0 Å². The topological polar surface area (TPSA) is 66.9 Å². The molecule has 1 N–H and O–H groups in total. The molecule has 1 atom stereocenters. The van der Waals surface area contributed by atoms with Crippen LogP contribution < -0.4 is 5.32 Å². The molecule has 27 heavy (non-hydrogen) atoms. The lowest BCUT2D eigenvalue weighted by Gasteiger charge is -2.16. The van der Waals surface area contributed by atoms with Crippen molar-refractivity contribution in [3.8, 4) is 0 Å². The standard InChI is InChI=1S/C20H20N6O/c1-24-7-2-3-18(24)17-12-26-11-15(4-5-19(26)23-17)22-20(27)14-6-8-25-13-21-10-16(25)9-14/h4-6,8-13,18H,2-3,7H2,1H3,(H,22,27). The molecule has 0 aromatic carbocycles. The van der Waals surface area contributed by atoms with Crippen molar-refractivity contribution in [3.63, 3.8) is 0 Å². The molecule has 136 valence electrons. The van der Waals surface area contributed by atoms with Gasteiger partial charge in [0.25, 0.3) is 5.91 Å². The van der Waals surface area contributed by atoms with Crippen LogP contribution in [0.3, 0.4) is 0 Å². The summed E-state index contributed by atoms with van der Waals surface area (Å²) in [6.07, 6.45) is 11.6. The highest BCUT2D eigenvalue weighted by Gasteiger charge is 2.24. The van der Waals surface area contributed by atoms with Gasteiger partial charge in [-0.25, -0.2) is 9.97 Å². The molecule has 0 bridgehead atoms. The number of imidazole rings is 2. The number of amides is 1. The summed E-state index contributed by atoms with van der Waals surface area (Å²) in [7, 11) is 2.14. The van der Waals surface area contributed by atoms with Crippen molar-refractivity contribution in [3.05, 3.63) is 66.6 Å². The van der Waals surface area contributed by atoms with E-state index in [-0.39, 0.29) is 5.91 Å². The second-order valence-corrected chi connectivity index (χ2v) is 7.08. The van der Waals surface area contributed by atoms with Crippen LogP contribution in [-0.4, -0.2) is 43.2 Å². The van der Waals surface area contributed by atoms with Gasteiger partial charge in [0.2, 0.25) is 0 Å². The molecule has 0 aliphatic carbocycles. The third-order valence-corrected chi connectivity index (χ3v) is 5.27. The van der Waals surface area contributed by atoms with E-state index in [2.05, 4.69) is 28.4 Å². The van der Waals surface area contributed by atoms with Gasteiger partial charge in [-0.2, -0.15) is 0 Å². The molecule has 5 rings (SSSR count). The van der Waals surface area contributed by atoms with Crippen molar-refractivity contribution in [1.82, 2.24) is 23.7 Å². The number of fused-ring (bicyclic) bond motifs is 2. The first kappa shape index (κ1) is 16.0. The zero-order chi connectivity index (χ0) is 18.4. The second kappa shape index (κ2) is 6.21. The number of hydrogen-bond acceptors (Lipinski definition) is 4. The number of nitrogens with zero attached hydrogens (tertiary/aromatic N) is 5. The predicted octanol–water partition coefficient (Wildman–Crippen LogP) is 3.00. The van der Waals surface area contributed by atoms with Crippen molar-refractivity contribution < 1.29 is 4.79 Å². The molecule has 0 radical (unpaired) electrons. The highest BCUT2D eigenvalue weighted by Crippen LogP contribution is 2.30. The molecular weight excluding hydrogens is 340 g/mol. The number of nitrogens with one attached hydrogen (secondary N) is 1. The molecule has 7 heteroatoms. The Bertz CT molecular complexity index is 1140. The minimum atomic E-state index is -0.145. The van der Waals surface area contributed by atoms with E-state index in [1.54, 1.807) is 18.6 Å². The molecule has 4 aromatic heterocycles. The lowest BCUT2D eigenvalue weighted by molar-refractivity contribution is 0.102. The first-order chi connectivity index (χ1) is 13.2. The summed E-state index contributed by atoms with van der Waals surface area (Å²) in [5.41, 5.74) is 4.21. The molecule has 0 spiro atoms. The molecule has 4 aromatic rings. The number of aromatic nitrogens is 4. The van der Waals surface area contributed by atoms with Gasteiger partial charge in [-0.1, -0.05) is 0 Å². The summed E-state index contributed by atoms with van der Waals surface area (Å²) in [4.78, 5) is 23.8. The Labute approximate surface area is 156 Å². The Kier molecular flexibility index (Phi) is 3.68. The van der Waals surface area contributed by atoms with Crippen LogP contribution in [0.5, 0.6) is 0 Å². The van der Waals surface area contributed by atoms with Crippen molar-refractivity contribution in [1.29, 1.82) is 0 Å². The Morgan fingerprint density at radius 3 is 3.00 bits per heavy atom. The van der Waals surface area contributed by atoms with Crippen molar-refractivity contribution in [2.24, 2.45) is 0 Å². The monoisotopic (exact) mass is 360 g/mol. The number of carbonyl (C=O) groups excluding carboxylic acids is 1. The second-order valence-electron chi connectivity index (χ2n) is 7.08. The van der Waals surface area contributed by atoms with Gasteiger partial charge in [-0.15, -0.1) is 0 Å². The summed E-state index contributed by atoms with van der Waals surface area (Å²) in [5.74, 6) is -0.145. The Morgan fingerprint density at radius 2 is 2.15 bits per heavy atom. The molecule has 1 aliphatic rings. The van der Waals surface area contributed by atoms with Crippen molar-refractivity contribution in [2.45, 2.75) is 18.9 Å². The molecular formula is C20H20N6O. The number of anilines is 1. The van der Waals surface area contributed by atoms with E-state index in [9.17, 15) is 4.79 Å². The lowest BCUT2D eigenvalue weighted by atomic mass is 10.2. The fourth-order valence-corrected chi connectivity index (χ4v) is 3.79. The smallest absolute Gasteiger partial charge is 0.255 e. The van der Waals surface area contributed by atoms with Crippen LogP contribution in [0.25, 0.3) is 11.2 Å². The molecule has 7 nitrogen and oxygen atoms in total. The SMILES string of the molecule is CN1CCCC1c1cn2cc(NC(=O)c3ccn4cncc4c3)ccc2n1. The average molecular weight is 360 g/mol. The van der Waals surface area contributed by atoms with Crippen LogP contribution in [-0.2, 0) is 0 Å². The highest BCUT2D eigenvalue weighted by molar-refractivity contribution is 6.04. The molecule has 1 fully saturated rings. The third kappa shape index (κ3) is 2.86. The van der Waals surface area contributed by atoms with Gasteiger partial charge >= 0.3 is 0 Å². The van der Waals surface area contributed by atoms with Crippen LogP contribution in [0.15, 0.2) is 55.4 Å². The fourth-order valence-electron chi connectivity index (χ4n) is 3.79. The normalized spacial score (nSPS) is 17.7. The minimum Gasteiger partial charge on any atom is -0.321 e. The fraction of sp³-hybridized carbons (Fsp3) is 0.250. The van der Waals surface area contributed by atoms with E-state index >= 15 is 0 Å². The quantitative estimate of drug-likeness (QED) is 0.610. The Morgan fingerprint density at radius 1 is 1.22 bits per heavy atom. The number of likely N-dealkylation sites (tertiary alicyclic amines) is 1. The van der Waals surface area contributed by atoms with Gasteiger partial charge in [0, 0.05) is 24.2 Å². The lowest BCUT2D eigenvalue weighted by Crippen LogP contribution is -2.17. The van der Waals surface area contributed by atoms with Gasteiger partial charge in [0.15, 0.2) is 0 Å². The summed E-state index contributed by atoms with van der Waals surface area (Å²) in [6.45, 7) is 1.11. The summed E-state index contributed by atoms with van der Waals surface area (Å²) < 4.78 is 3.85. The first-order valence-electron chi connectivity index (χ1n) is 9.09. The zero-order valence-corrected chi connectivity index (χ0v) is 15.0. The van der Waals surface area contributed by atoms with Crippen molar-refractivity contribution >= 4 is 22.8 Å². The van der Waals surface area contributed by atoms with Crippen molar-refractivity contribution in [2.75, 3.05) is 18.9 Å². The number of hydrogen-bond donors (Lipinski definition) is 1. The Balaban J connectivity index is 1.40. The maximum absolute atomic E-state index is 12.6. The largest absolute Gasteiger partial charge is 0.321 e. The maximum Gasteiger partial charge on any atom is 0.255 e. The maximum atomic E-state index is 12.6. The minimum absolute atomic E-state index is 0.145. The Hall–Kier alpha value is -3.19. The number of rotatable bonds is 3. The number of pyridine rings is 2. The van der Waals surface area contributed by atoms with E-state index in [0.717, 1.165) is 35.5 Å². The van der Waals surface area contributed by atoms with E-state index in [1.807, 2.05) is 39.4 Å². The summed E-state index contributed by atoms with van der Waals surface area (Å²) >= 11 is 0. The summed E-state index contributed by atoms with van der Waals surface area (Å²) in [5, 5.41) is 2.97. The predicted molar refractivity (Wildman–Crippen MR) is 103 cm³/mol. The van der Waals surface area contributed by atoms with Crippen LogP contribution in [0, 0.1) is 0 Å². The molecule has 1 aliphatic heterocycles. The molecule has 5 heterocycles. The van der Waals surface area contributed by atoms with Gasteiger partial charge in [-0.3, -0.25) is 9.69 Å². The summed E-state index contributed by atoms with van der Waals surface area (Å²) in [6, 6.07) is 7.82. The first-order valence-corrected chi connectivity index (χ1v) is 9.09. The molecule has 1 amide bonds. The van der Waals surface area contributed by atoms with Gasteiger partial charge in [0.05, 0.1) is 35.5 Å². The van der Waals surface area contributed by atoms with E-state index in [1.165, 1.54) is 6.42 Å². The zero-order valence-electron chi connectivity index (χ0n) is 15.0. The van der Waals surface area contributed by atoms with Gasteiger partial charge in [0.1, 0.15) is 5.65 Å². The van der Waals surface area contributed by atoms with E-state index in [0.29, 0.717) is 11.6 Å². The third-order valence-electron chi connectivity index (χ3n) is 5.27. The van der Waals surface area contributed by atoms with Gasteiger partial charge in [-0.05, 0) is 50.7 Å². The molecule has 1 saturated heterocycles. The average Bonchev–Trinajstić information content (AvgIpc) is 3.39.